The van der Waals surface area contributed by atoms with E-state index in [0.29, 0.717) is 37.5 Å². The molecular weight excluding hydrogens is 362 g/mol. The Morgan fingerprint density at radius 1 is 1.04 bits per heavy atom. The number of piperidine rings is 1. The molecule has 1 saturated heterocycles. The van der Waals surface area contributed by atoms with E-state index in [0.717, 1.165) is 17.7 Å². The number of rotatable bonds is 5. The summed E-state index contributed by atoms with van der Waals surface area (Å²) in [5.74, 6) is -0.0251. The van der Waals surface area contributed by atoms with Gasteiger partial charge in [-0.25, -0.2) is 4.79 Å². The number of benzene rings is 2. The lowest BCUT2D eigenvalue weighted by Gasteiger charge is -2.31. The van der Waals surface area contributed by atoms with E-state index in [1.165, 1.54) is 0 Å². The number of carbonyl (C=O) groups excluding carboxylic acids is 2. The number of hydrogen-bond donors (Lipinski definition) is 2. The fraction of sp³-hybridized carbons (Fsp3) is 0.333. The van der Waals surface area contributed by atoms with Gasteiger partial charge in [0.05, 0.1) is 0 Å². The van der Waals surface area contributed by atoms with Crippen molar-refractivity contribution >= 4 is 29.2 Å². The van der Waals surface area contributed by atoms with E-state index < -0.39 is 0 Å². The number of likely N-dealkylation sites (tertiary alicyclic amines) is 1. The van der Waals surface area contributed by atoms with Crippen molar-refractivity contribution in [3.8, 4) is 0 Å². The van der Waals surface area contributed by atoms with Crippen LogP contribution in [0.1, 0.15) is 18.4 Å². The van der Waals surface area contributed by atoms with Crippen LogP contribution in [-0.4, -0.2) is 36.5 Å². The zero-order chi connectivity index (χ0) is 19.1. The molecule has 5 nitrogen and oxygen atoms in total. The summed E-state index contributed by atoms with van der Waals surface area (Å²) in [6.07, 6.45) is 2.10. The Hall–Kier alpha value is -2.53. The van der Waals surface area contributed by atoms with Crippen LogP contribution in [0.5, 0.6) is 0 Å². The molecule has 3 amide bonds. The normalized spacial score (nSPS) is 14.6. The molecule has 0 unspecified atom stereocenters. The van der Waals surface area contributed by atoms with Crippen molar-refractivity contribution in [2.24, 2.45) is 5.92 Å². The van der Waals surface area contributed by atoms with Crippen molar-refractivity contribution in [2.45, 2.75) is 19.3 Å². The lowest BCUT2D eigenvalue weighted by atomic mass is 9.96. The molecule has 1 aliphatic rings. The SMILES string of the molecule is O=C(Nc1ccccc1)C1CCN(C(=O)NCCc2cccc(Cl)c2)CC1. The lowest BCUT2D eigenvalue weighted by Crippen LogP contribution is -2.46. The first-order valence-electron chi connectivity index (χ1n) is 9.25. The number of anilines is 1. The van der Waals surface area contributed by atoms with E-state index in [1.807, 2.05) is 54.6 Å². The minimum atomic E-state index is -0.0704. The van der Waals surface area contributed by atoms with Gasteiger partial charge in [0.1, 0.15) is 0 Å². The number of amides is 3. The molecule has 1 fully saturated rings. The summed E-state index contributed by atoms with van der Waals surface area (Å²) in [6.45, 7) is 1.75. The number of para-hydroxylation sites is 1. The van der Waals surface area contributed by atoms with Crippen LogP contribution in [0.4, 0.5) is 10.5 Å². The third kappa shape index (κ3) is 5.73. The summed E-state index contributed by atoms with van der Waals surface area (Å²) in [5.41, 5.74) is 1.91. The molecule has 2 aromatic carbocycles. The monoisotopic (exact) mass is 385 g/mol. The maximum Gasteiger partial charge on any atom is 0.317 e. The Kier molecular flexibility index (Phi) is 6.71. The largest absolute Gasteiger partial charge is 0.338 e. The van der Waals surface area contributed by atoms with Crippen LogP contribution in [0.25, 0.3) is 0 Å². The van der Waals surface area contributed by atoms with Crippen LogP contribution in [0.2, 0.25) is 5.02 Å². The minimum Gasteiger partial charge on any atom is -0.338 e. The van der Waals surface area contributed by atoms with Crippen LogP contribution in [-0.2, 0) is 11.2 Å². The number of urea groups is 1. The van der Waals surface area contributed by atoms with Crippen molar-refractivity contribution in [3.05, 3.63) is 65.2 Å². The summed E-state index contributed by atoms with van der Waals surface area (Å²) in [5, 5.41) is 6.59. The van der Waals surface area contributed by atoms with Crippen LogP contribution in [0.15, 0.2) is 54.6 Å². The summed E-state index contributed by atoms with van der Waals surface area (Å²) in [6, 6.07) is 17.0. The third-order valence-corrected chi connectivity index (χ3v) is 5.01. The molecule has 2 aromatic rings. The maximum absolute atomic E-state index is 12.4. The molecule has 2 N–H and O–H groups in total. The van der Waals surface area contributed by atoms with E-state index in [1.54, 1.807) is 4.90 Å². The van der Waals surface area contributed by atoms with Crippen LogP contribution < -0.4 is 10.6 Å². The average Bonchev–Trinajstić information content (AvgIpc) is 2.69. The van der Waals surface area contributed by atoms with Gasteiger partial charge in [-0.3, -0.25) is 4.79 Å². The summed E-state index contributed by atoms with van der Waals surface area (Å²) < 4.78 is 0. The second kappa shape index (κ2) is 9.42. The Balaban J connectivity index is 1.39. The number of hydrogen-bond acceptors (Lipinski definition) is 2. The maximum atomic E-state index is 12.4. The van der Waals surface area contributed by atoms with E-state index in [4.69, 9.17) is 11.6 Å². The molecule has 0 aromatic heterocycles. The third-order valence-electron chi connectivity index (χ3n) is 4.77. The molecule has 0 aliphatic carbocycles. The zero-order valence-electron chi connectivity index (χ0n) is 15.2. The first kappa shape index (κ1) is 19.2. The molecular formula is C21H24ClN3O2. The van der Waals surface area contributed by atoms with Gasteiger partial charge in [0.2, 0.25) is 5.91 Å². The van der Waals surface area contributed by atoms with E-state index in [-0.39, 0.29) is 17.9 Å². The van der Waals surface area contributed by atoms with Gasteiger partial charge in [-0.1, -0.05) is 41.9 Å². The molecule has 6 heteroatoms. The Morgan fingerprint density at radius 3 is 2.48 bits per heavy atom. The molecule has 27 heavy (non-hydrogen) atoms. The molecule has 0 bridgehead atoms. The smallest absolute Gasteiger partial charge is 0.317 e. The van der Waals surface area contributed by atoms with Crippen LogP contribution in [0, 0.1) is 5.92 Å². The molecule has 142 valence electrons. The molecule has 0 saturated carbocycles. The predicted molar refractivity (Wildman–Crippen MR) is 108 cm³/mol. The predicted octanol–water partition coefficient (Wildman–Crippen LogP) is 3.94. The standard InChI is InChI=1S/C21H24ClN3O2/c22-18-6-4-5-16(15-18)9-12-23-21(27)25-13-10-17(11-14-25)20(26)24-19-7-2-1-3-8-19/h1-8,15,17H,9-14H2,(H,23,27)(H,24,26). The quantitative estimate of drug-likeness (QED) is 0.818. The van der Waals surface area contributed by atoms with Gasteiger partial charge in [-0.15, -0.1) is 0 Å². The molecule has 3 rings (SSSR count). The van der Waals surface area contributed by atoms with E-state index >= 15 is 0 Å². The Labute approximate surface area is 164 Å². The minimum absolute atomic E-state index is 0.0298. The number of nitrogens with zero attached hydrogens (tertiary/aromatic N) is 1. The Morgan fingerprint density at radius 2 is 1.78 bits per heavy atom. The highest BCUT2D eigenvalue weighted by atomic mass is 35.5. The zero-order valence-corrected chi connectivity index (χ0v) is 15.9. The highest BCUT2D eigenvalue weighted by molar-refractivity contribution is 6.30. The highest BCUT2D eigenvalue weighted by Gasteiger charge is 2.27. The molecule has 1 heterocycles. The molecule has 1 aliphatic heterocycles. The molecule has 0 spiro atoms. The lowest BCUT2D eigenvalue weighted by molar-refractivity contribution is -0.121. The first-order chi connectivity index (χ1) is 13.1. The van der Waals surface area contributed by atoms with Gasteiger partial charge in [0.25, 0.3) is 0 Å². The van der Waals surface area contributed by atoms with Gasteiger partial charge >= 0.3 is 6.03 Å². The van der Waals surface area contributed by atoms with E-state index in [9.17, 15) is 9.59 Å². The van der Waals surface area contributed by atoms with Crippen LogP contribution in [0.3, 0.4) is 0 Å². The van der Waals surface area contributed by atoms with Crippen molar-refractivity contribution in [3.63, 3.8) is 0 Å². The van der Waals surface area contributed by atoms with Gasteiger partial charge in [-0.05, 0) is 49.1 Å². The second-order valence-electron chi connectivity index (χ2n) is 6.73. The van der Waals surface area contributed by atoms with Crippen molar-refractivity contribution in [1.29, 1.82) is 0 Å². The second-order valence-corrected chi connectivity index (χ2v) is 7.16. The summed E-state index contributed by atoms with van der Waals surface area (Å²) in [4.78, 5) is 26.5. The van der Waals surface area contributed by atoms with E-state index in [2.05, 4.69) is 10.6 Å². The van der Waals surface area contributed by atoms with Crippen LogP contribution >= 0.6 is 11.6 Å². The van der Waals surface area contributed by atoms with Crippen molar-refractivity contribution < 1.29 is 9.59 Å². The molecule has 0 atom stereocenters. The summed E-state index contributed by atoms with van der Waals surface area (Å²) >= 11 is 5.97. The highest BCUT2D eigenvalue weighted by Crippen LogP contribution is 2.19. The first-order valence-corrected chi connectivity index (χ1v) is 9.63. The van der Waals surface area contributed by atoms with Gasteiger partial charge < -0.3 is 15.5 Å². The Bertz CT molecular complexity index is 774. The van der Waals surface area contributed by atoms with Crippen molar-refractivity contribution in [2.75, 3.05) is 25.0 Å². The van der Waals surface area contributed by atoms with Gasteiger partial charge in [-0.2, -0.15) is 0 Å². The van der Waals surface area contributed by atoms with Gasteiger partial charge in [0.15, 0.2) is 0 Å². The van der Waals surface area contributed by atoms with Crippen molar-refractivity contribution in [1.82, 2.24) is 10.2 Å². The number of nitrogens with one attached hydrogen (secondary N) is 2. The number of halogens is 1. The van der Waals surface area contributed by atoms with Gasteiger partial charge in [0, 0.05) is 36.3 Å². The topological polar surface area (TPSA) is 61.4 Å². The summed E-state index contributed by atoms with van der Waals surface area (Å²) in [7, 11) is 0. The molecule has 0 radical (unpaired) electrons. The average molecular weight is 386 g/mol. The fourth-order valence-corrected chi connectivity index (χ4v) is 3.44. The number of carbonyl (C=O) groups is 2. The fourth-order valence-electron chi connectivity index (χ4n) is 3.23.